The van der Waals surface area contributed by atoms with Crippen LogP contribution in [-0.4, -0.2) is 29.6 Å². The predicted molar refractivity (Wildman–Crippen MR) is 106 cm³/mol. The maximum atomic E-state index is 5.83. The Morgan fingerprint density at radius 3 is 2.88 bits per heavy atom. The first-order chi connectivity index (χ1) is 12.8. The molecule has 0 aliphatic carbocycles. The van der Waals surface area contributed by atoms with E-state index >= 15 is 0 Å². The van der Waals surface area contributed by atoms with Crippen LogP contribution in [-0.2, 0) is 13.0 Å². The molecule has 4 rings (SSSR count). The average Bonchev–Trinajstić information content (AvgIpc) is 2.67. The molecule has 0 fully saturated rings. The van der Waals surface area contributed by atoms with E-state index in [0.29, 0.717) is 12.5 Å². The van der Waals surface area contributed by atoms with Gasteiger partial charge in [0.25, 0.3) is 0 Å². The highest BCUT2D eigenvalue weighted by Gasteiger charge is 2.15. The van der Waals surface area contributed by atoms with Gasteiger partial charge in [0.15, 0.2) is 0 Å². The molecule has 134 valence electrons. The Labute approximate surface area is 155 Å². The first-order valence-electron chi connectivity index (χ1n) is 9.35. The number of unbranched alkanes of at least 4 members (excludes halogenated alkanes) is 1. The zero-order valence-electron chi connectivity index (χ0n) is 15.1. The van der Waals surface area contributed by atoms with Gasteiger partial charge in [0.2, 0.25) is 5.88 Å². The Kier molecular flexibility index (Phi) is 5.02. The molecule has 0 unspecified atom stereocenters. The molecule has 2 aromatic rings. The fourth-order valence-corrected chi connectivity index (χ4v) is 3.51. The largest absolute Gasteiger partial charge is 0.478 e. The lowest BCUT2D eigenvalue weighted by Crippen LogP contribution is -2.31. The molecule has 2 aliphatic rings. The molecule has 3 heterocycles. The lowest BCUT2D eigenvalue weighted by Gasteiger charge is -2.28. The first-order valence-corrected chi connectivity index (χ1v) is 9.35. The Morgan fingerprint density at radius 1 is 1.08 bits per heavy atom. The van der Waals surface area contributed by atoms with E-state index in [2.05, 4.69) is 46.0 Å². The molecule has 4 heteroatoms. The van der Waals surface area contributed by atoms with Crippen LogP contribution in [0.4, 0.5) is 5.82 Å². The normalized spacial score (nSPS) is 15.9. The zero-order valence-corrected chi connectivity index (χ0v) is 15.1. The van der Waals surface area contributed by atoms with Crippen molar-refractivity contribution < 1.29 is 4.74 Å². The summed E-state index contributed by atoms with van der Waals surface area (Å²) in [7, 11) is 0. The highest BCUT2D eigenvalue weighted by Crippen LogP contribution is 2.24. The van der Waals surface area contributed by atoms with E-state index in [0.717, 1.165) is 49.6 Å². The number of anilines is 1. The summed E-state index contributed by atoms with van der Waals surface area (Å²) >= 11 is 0. The van der Waals surface area contributed by atoms with Crippen LogP contribution >= 0.6 is 0 Å². The molecular weight excluding hydrogens is 322 g/mol. The van der Waals surface area contributed by atoms with Crippen molar-refractivity contribution in [3.8, 4) is 5.88 Å². The summed E-state index contributed by atoms with van der Waals surface area (Å²) in [4.78, 5) is 7.06. The molecule has 1 N–H and O–H groups in total. The Bertz CT molecular complexity index is 828. The van der Waals surface area contributed by atoms with Gasteiger partial charge in [-0.25, -0.2) is 0 Å². The molecule has 0 atom stereocenters. The fraction of sp³-hybridized carbons (Fsp3) is 0.318. The maximum absolute atomic E-state index is 5.83. The second kappa shape index (κ2) is 7.75. The van der Waals surface area contributed by atoms with E-state index in [4.69, 9.17) is 4.74 Å². The molecule has 0 amide bonds. The number of ether oxygens (including phenoxy) is 1. The van der Waals surface area contributed by atoms with Crippen LogP contribution in [0.2, 0.25) is 0 Å². The van der Waals surface area contributed by atoms with Gasteiger partial charge in [0.1, 0.15) is 5.82 Å². The Balaban J connectivity index is 1.20. The summed E-state index contributed by atoms with van der Waals surface area (Å²) in [6.07, 6.45) is 7.31. The molecule has 2 aliphatic heterocycles. The van der Waals surface area contributed by atoms with Gasteiger partial charge < -0.3 is 10.1 Å². The van der Waals surface area contributed by atoms with Crippen molar-refractivity contribution in [3.63, 3.8) is 0 Å². The van der Waals surface area contributed by atoms with Gasteiger partial charge in [-0.2, -0.15) is 4.98 Å². The summed E-state index contributed by atoms with van der Waals surface area (Å²) in [6.45, 7) is 7.97. The number of fused-ring (bicyclic) bond motifs is 2. The number of aromatic nitrogens is 1. The van der Waals surface area contributed by atoms with Gasteiger partial charge in [-0.1, -0.05) is 30.8 Å². The molecule has 0 bridgehead atoms. The fourth-order valence-electron chi connectivity index (χ4n) is 3.51. The lowest BCUT2D eigenvalue weighted by atomic mass is 10.00. The second-order valence-electron chi connectivity index (χ2n) is 6.92. The summed E-state index contributed by atoms with van der Waals surface area (Å²) in [6, 6.07) is 12.7. The van der Waals surface area contributed by atoms with Crippen LogP contribution in [0.3, 0.4) is 0 Å². The van der Waals surface area contributed by atoms with E-state index in [1.165, 1.54) is 17.5 Å². The van der Waals surface area contributed by atoms with Crippen molar-refractivity contribution in [2.45, 2.75) is 25.8 Å². The van der Waals surface area contributed by atoms with E-state index in [1.807, 2.05) is 24.3 Å². The third-order valence-corrected chi connectivity index (χ3v) is 4.97. The van der Waals surface area contributed by atoms with E-state index in [1.54, 1.807) is 0 Å². The summed E-state index contributed by atoms with van der Waals surface area (Å²) in [5.74, 6) is 1.49. The minimum Gasteiger partial charge on any atom is -0.478 e. The van der Waals surface area contributed by atoms with Crippen molar-refractivity contribution in [1.29, 1.82) is 0 Å². The van der Waals surface area contributed by atoms with Crippen LogP contribution in [0.15, 0.2) is 54.8 Å². The summed E-state index contributed by atoms with van der Waals surface area (Å²) in [5, 5.41) is 3.17. The minimum atomic E-state index is 0.672. The molecule has 1 aromatic heterocycles. The number of pyridine rings is 1. The quantitative estimate of drug-likeness (QED) is 0.793. The van der Waals surface area contributed by atoms with Gasteiger partial charge >= 0.3 is 0 Å². The number of hydrogen-bond donors (Lipinski definition) is 1. The topological polar surface area (TPSA) is 37.4 Å². The number of allylic oxidation sites excluding steroid dienone is 1. The molecule has 1 aromatic carbocycles. The standard InChI is InChI=1S/C22H25N3O/c1-17-8-9-19-10-11-21(24-22(19)23-17)26-15-5-4-13-25-14-12-18-6-2-3-7-20(18)16-25/h2-3,6-11H,1,4-5,12-16H2,(H,23,24). The van der Waals surface area contributed by atoms with Gasteiger partial charge in [0, 0.05) is 30.4 Å². The summed E-state index contributed by atoms with van der Waals surface area (Å²) in [5.41, 5.74) is 4.91. The Hall–Kier alpha value is -2.59. The number of nitrogens with zero attached hydrogens (tertiary/aromatic N) is 2. The monoisotopic (exact) mass is 347 g/mol. The highest BCUT2D eigenvalue weighted by molar-refractivity contribution is 5.71. The van der Waals surface area contributed by atoms with Crippen molar-refractivity contribution in [2.75, 3.05) is 25.0 Å². The Morgan fingerprint density at radius 2 is 1.96 bits per heavy atom. The third-order valence-electron chi connectivity index (χ3n) is 4.97. The van der Waals surface area contributed by atoms with E-state index in [-0.39, 0.29) is 0 Å². The van der Waals surface area contributed by atoms with Gasteiger partial charge in [-0.3, -0.25) is 4.90 Å². The minimum absolute atomic E-state index is 0.672. The van der Waals surface area contributed by atoms with Crippen molar-refractivity contribution >= 4 is 11.9 Å². The molecule has 0 radical (unpaired) electrons. The average molecular weight is 347 g/mol. The molecule has 0 saturated carbocycles. The number of nitrogens with one attached hydrogen (secondary N) is 1. The van der Waals surface area contributed by atoms with Crippen molar-refractivity contribution in [2.24, 2.45) is 0 Å². The summed E-state index contributed by atoms with van der Waals surface area (Å²) < 4.78 is 5.83. The van der Waals surface area contributed by atoms with Crippen molar-refractivity contribution in [1.82, 2.24) is 9.88 Å². The lowest BCUT2D eigenvalue weighted by molar-refractivity contribution is 0.233. The van der Waals surface area contributed by atoms with Crippen molar-refractivity contribution in [3.05, 3.63) is 71.4 Å². The molecular formula is C22H25N3O. The second-order valence-corrected chi connectivity index (χ2v) is 6.92. The van der Waals surface area contributed by atoms with Crippen LogP contribution in [0.5, 0.6) is 5.88 Å². The maximum Gasteiger partial charge on any atom is 0.215 e. The molecule has 26 heavy (non-hydrogen) atoms. The number of rotatable bonds is 6. The van der Waals surface area contributed by atoms with E-state index in [9.17, 15) is 0 Å². The van der Waals surface area contributed by atoms with E-state index < -0.39 is 0 Å². The highest BCUT2D eigenvalue weighted by atomic mass is 16.5. The van der Waals surface area contributed by atoms with Crippen LogP contribution < -0.4 is 10.1 Å². The third kappa shape index (κ3) is 3.97. The van der Waals surface area contributed by atoms with Crippen LogP contribution in [0, 0.1) is 0 Å². The predicted octanol–water partition coefficient (Wildman–Crippen LogP) is 4.25. The van der Waals surface area contributed by atoms with Gasteiger partial charge in [-0.15, -0.1) is 0 Å². The van der Waals surface area contributed by atoms with Crippen LogP contribution in [0.25, 0.3) is 6.08 Å². The molecule has 4 nitrogen and oxygen atoms in total. The molecule has 0 saturated heterocycles. The smallest absolute Gasteiger partial charge is 0.215 e. The van der Waals surface area contributed by atoms with Gasteiger partial charge in [-0.05, 0) is 55.2 Å². The van der Waals surface area contributed by atoms with Gasteiger partial charge in [0.05, 0.1) is 6.61 Å². The zero-order chi connectivity index (χ0) is 17.8. The molecule has 0 spiro atoms. The first kappa shape index (κ1) is 16.9. The number of benzene rings is 1. The van der Waals surface area contributed by atoms with Crippen LogP contribution in [0.1, 0.15) is 29.5 Å². The number of hydrogen-bond acceptors (Lipinski definition) is 4. The SMILES string of the molecule is C=C1C=Cc2ccc(OCCCCN3CCc4ccccc4C3)nc2N1.